The Labute approximate surface area is 159 Å². The van der Waals surface area contributed by atoms with Gasteiger partial charge in [0.25, 0.3) is 0 Å². The van der Waals surface area contributed by atoms with Crippen molar-refractivity contribution in [1.82, 2.24) is 9.97 Å². The van der Waals surface area contributed by atoms with Crippen LogP contribution in [0.15, 0.2) is 42.5 Å². The predicted octanol–water partition coefficient (Wildman–Crippen LogP) is 5.25. The van der Waals surface area contributed by atoms with Crippen LogP contribution in [-0.2, 0) is 6.42 Å². The van der Waals surface area contributed by atoms with E-state index < -0.39 is 17.5 Å². The minimum Gasteiger partial charge on any atom is -0.370 e. The zero-order valence-electron chi connectivity index (χ0n) is 14.4. The molecular formula is C19H16ClF3N4. The van der Waals surface area contributed by atoms with E-state index in [1.165, 1.54) is 0 Å². The highest BCUT2D eigenvalue weighted by molar-refractivity contribution is 6.30. The summed E-state index contributed by atoms with van der Waals surface area (Å²) in [5.41, 5.74) is 0.902. The van der Waals surface area contributed by atoms with Gasteiger partial charge in [0.15, 0.2) is 17.5 Å². The second-order valence-corrected chi connectivity index (χ2v) is 6.27. The molecule has 1 aromatic heterocycles. The highest BCUT2D eigenvalue weighted by atomic mass is 35.5. The molecule has 8 heteroatoms. The molecule has 0 amide bonds. The largest absolute Gasteiger partial charge is 0.370 e. The number of aromatic nitrogens is 2. The van der Waals surface area contributed by atoms with Crippen LogP contribution in [0.2, 0.25) is 5.02 Å². The van der Waals surface area contributed by atoms with Crippen LogP contribution in [0.1, 0.15) is 11.4 Å². The number of rotatable bonds is 6. The van der Waals surface area contributed by atoms with E-state index in [0.29, 0.717) is 23.2 Å². The Morgan fingerprint density at radius 3 is 2.37 bits per heavy atom. The maximum Gasteiger partial charge on any atom is 0.196 e. The van der Waals surface area contributed by atoms with Crippen LogP contribution in [0.3, 0.4) is 0 Å². The topological polar surface area (TPSA) is 49.8 Å². The van der Waals surface area contributed by atoms with E-state index in [2.05, 4.69) is 20.6 Å². The van der Waals surface area contributed by atoms with Gasteiger partial charge in [0.1, 0.15) is 17.5 Å². The number of hydrogen-bond acceptors (Lipinski definition) is 4. The zero-order chi connectivity index (χ0) is 19.4. The fourth-order valence-corrected chi connectivity index (χ4v) is 2.59. The Morgan fingerprint density at radius 1 is 0.926 bits per heavy atom. The molecule has 0 spiro atoms. The zero-order valence-corrected chi connectivity index (χ0v) is 15.1. The lowest BCUT2D eigenvalue weighted by Crippen LogP contribution is -2.09. The van der Waals surface area contributed by atoms with Gasteiger partial charge >= 0.3 is 0 Å². The monoisotopic (exact) mass is 392 g/mol. The summed E-state index contributed by atoms with van der Waals surface area (Å²) in [6.45, 7) is 2.29. The SMILES string of the molecule is Cc1nc(NCCc2ccc(Cl)cc2)cc(Nc2ccc(F)c(F)c2F)n1. The first-order chi connectivity index (χ1) is 12.9. The maximum atomic E-state index is 13.8. The number of nitrogens with zero attached hydrogens (tertiary/aromatic N) is 2. The molecule has 0 fully saturated rings. The van der Waals surface area contributed by atoms with E-state index in [1.807, 2.05) is 24.3 Å². The van der Waals surface area contributed by atoms with Gasteiger partial charge in [-0.3, -0.25) is 0 Å². The number of aryl methyl sites for hydroxylation is 1. The molecule has 1 heterocycles. The molecule has 27 heavy (non-hydrogen) atoms. The molecule has 0 unspecified atom stereocenters. The van der Waals surface area contributed by atoms with Crippen LogP contribution in [0.25, 0.3) is 0 Å². The standard InChI is InChI=1S/C19H16ClF3N4/c1-11-25-16(24-9-8-12-2-4-13(20)5-3-12)10-17(26-11)27-15-7-6-14(21)18(22)19(15)23/h2-7,10H,8-9H2,1H3,(H2,24,25,26,27). The summed E-state index contributed by atoms with van der Waals surface area (Å²) in [6.07, 6.45) is 0.751. The first-order valence-electron chi connectivity index (χ1n) is 8.17. The van der Waals surface area contributed by atoms with E-state index in [9.17, 15) is 13.2 Å². The Hall–Kier alpha value is -2.80. The lowest BCUT2D eigenvalue weighted by atomic mass is 10.1. The van der Waals surface area contributed by atoms with Gasteiger partial charge in [-0.15, -0.1) is 0 Å². The number of anilines is 3. The molecule has 0 atom stereocenters. The second kappa shape index (κ2) is 8.26. The van der Waals surface area contributed by atoms with Gasteiger partial charge in [0.05, 0.1) is 5.69 Å². The highest BCUT2D eigenvalue weighted by Crippen LogP contribution is 2.23. The average Bonchev–Trinajstić information content (AvgIpc) is 2.63. The highest BCUT2D eigenvalue weighted by Gasteiger charge is 2.14. The summed E-state index contributed by atoms with van der Waals surface area (Å²) >= 11 is 5.86. The molecule has 4 nitrogen and oxygen atoms in total. The van der Waals surface area contributed by atoms with E-state index in [1.54, 1.807) is 13.0 Å². The van der Waals surface area contributed by atoms with Gasteiger partial charge in [-0.2, -0.15) is 0 Å². The van der Waals surface area contributed by atoms with E-state index in [4.69, 9.17) is 11.6 Å². The number of nitrogens with one attached hydrogen (secondary N) is 2. The van der Waals surface area contributed by atoms with Crippen molar-refractivity contribution in [1.29, 1.82) is 0 Å². The molecule has 0 saturated heterocycles. The normalized spacial score (nSPS) is 10.7. The van der Waals surface area contributed by atoms with Crippen LogP contribution >= 0.6 is 11.6 Å². The van der Waals surface area contributed by atoms with Crippen LogP contribution in [0.4, 0.5) is 30.5 Å². The molecule has 0 bridgehead atoms. The van der Waals surface area contributed by atoms with Crippen molar-refractivity contribution in [3.63, 3.8) is 0 Å². The molecule has 0 aliphatic heterocycles. The molecule has 3 rings (SSSR count). The Balaban J connectivity index is 1.69. The van der Waals surface area contributed by atoms with Crippen molar-refractivity contribution in [2.45, 2.75) is 13.3 Å². The summed E-state index contributed by atoms with van der Waals surface area (Å²) in [5, 5.41) is 6.49. The van der Waals surface area contributed by atoms with Crippen LogP contribution in [0.5, 0.6) is 0 Å². The molecule has 0 radical (unpaired) electrons. The van der Waals surface area contributed by atoms with Gasteiger partial charge in [0.2, 0.25) is 0 Å². The fraction of sp³-hybridized carbons (Fsp3) is 0.158. The first-order valence-corrected chi connectivity index (χ1v) is 8.54. The van der Waals surface area contributed by atoms with Crippen molar-refractivity contribution in [2.24, 2.45) is 0 Å². The van der Waals surface area contributed by atoms with Crippen molar-refractivity contribution in [3.8, 4) is 0 Å². The molecule has 2 N–H and O–H groups in total. The summed E-state index contributed by atoms with van der Waals surface area (Å²) in [6, 6.07) is 11.0. The van der Waals surface area contributed by atoms with Crippen LogP contribution in [-0.4, -0.2) is 16.5 Å². The van der Waals surface area contributed by atoms with E-state index in [0.717, 1.165) is 24.1 Å². The number of halogens is 4. The third kappa shape index (κ3) is 4.89. The predicted molar refractivity (Wildman–Crippen MR) is 100 cm³/mol. The van der Waals surface area contributed by atoms with Crippen LogP contribution < -0.4 is 10.6 Å². The van der Waals surface area contributed by atoms with E-state index in [-0.39, 0.29) is 11.5 Å². The van der Waals surface area contributed by atoms with Gasteiger partial charge in [-0.05, 0) is 43.2 Å². The minimum atomic E-state index is -1.54. The third-order valence-electron chi connectivity index (χ3n) is 3.77. The van der Waals surface area contributed by atoms with Gasteiger partial charge in [0, 0.05) is 17.6 Å². The van der Waals surface area contributed by atoms with Crippen molar-refractivity contribution in [3.05, 3.63) is 76.3 Å². The smallest absolute Gasteiger partial charge is 0.196 e. The van der Waals surface area contributed by atoms with Crippen molar-refractivity contribution < 1.29 is 13.2 Å². The average molecular weight is 393 g/mol. The Morgan fingerprint density at radius 2 is 1.63 bits per heavy atom. The molecule has 0 saturated carbocycles. The lowest BCUT2D eigenvalue weighted by Gasteiger charge is -2.11. The van der Waals surface area contributed by atoms with Gasteiger partial charge in [-0.1, -0.05) is 23.7 Å². The Bertz CT molecular complexity index is 948. The van der Waals surface area contributed by atoms with Crippen molar-refractivity contribution in [2.75, 3.05) is 17.2 Å². The summed E-state index contributed by atoms with van der Waals surface area (Å²) in [7, 11) is 0. The fourth-order valence-electron chi connectivity index (χ4n) is 2.47. The lowest BCUT2D eigenvalue weighted by molar-refractivity contribution is 0.449. The maximum absolute atomic E-state index is 13.8. The quantitative estimate of drug-likeness (QED) is 0.562. The molecular weight excluding hydrogens is 377 g/mol. The summed E-state index contributed by atoms with van der Waals surface area (Å²) in [4.78, 5) is 8.40. The number of benzene rings is 2. The number of hydrogen-bond donors (Lipinski definition) is 2. The summed E-state index contributed by atoms with van der Waals surface area (Å²) < 4.78 is 40.2. The summed E-state index contributed by atoms with van der Waals surface area (Å²) in [5.74, 6) is -2.85. The third-order valence-corrected chi connectivity index (χ3v) is 4.02. The molecule has 140 valence electrons. The minimum absolute atomic E-state index is 0.209. The second-order valence-electron chi connectivity index (χ2n) is 5.84. The first kappa shape index (κ1) is 19.0. The molecule has 0 aliphatic rings. The van der Waals surface area contributed by atoms with Gasteiger partial charge in [-0.25, -0.2) is 23.1 Å². The molecule has 2 aromatic carbocycles. The molecule has 0 aliphatic carbocycles. The Kier molecular flexibility index (Phi) is 5.81. The van der Waals surface area contributed by atoms with Crippen molar-refractivity contribution >= 4 is 28.9 Å². The van der Waals surface area contributed by atoms with E-state index >= 15 is 0 Å². The van der Waals surface area contributed by atoms with Crippen LogP contribution in [0, 0.1) is 24.4 Å². The molecule has 3 aromatic rings. The van der Waals surface area contributed by atoms with Gasteiger partial charge < -0.3 is 10.6 Å².